The molecule has 3 aromatic heterocycles. The summed E-state index contributed by atoms with van der Waals surface area (Å²) in [6.45, 7) is 32.9. The predicted octanol–water partition coefficient (Wildman–Crippen LogP) is 21.5. The molecular weight excluding hydrogens is 1100 g/mol. The van der Waals surface area contributed by atoms with Crippen molar-refractivity contribution >= 4 is 66.4 Å². The van der Waals surface area contributed by atoms with Gasteiger partial charge in [0.1, 0.15) is 0 Å². The Morgan fingerprint density at radius 3 is 1.07 bits per heavy atom. The second-order valence-electron chi connectivity index (χ2n) is 21.8. The molecule has 15 rings (SSSR count). The Hall–Kier alpha value is -13.3. The van der Waals surface area contributed by atoms with Gasteiger partial charge in [-0.05, 0) is 136 Å². The Kier molecular flexibility index (Phi) is 13.2. The average Bonchev–Trinajstić information content (AvgIpc) is 1.51. The van der Waals surface area contributed by atoms with Crippen LogP contribution < -0.4 is 0 Å². The summed E-state index contributed by atoms with van der Waals surface area (Å²) >= 11 is 0. The van der Waals surface area contributed by atoms with Crippen LogP contribution in [0.4, 0.5) is 22.7 Å². The van der Waals surface area contributed by atoms with Gasteiger partial charge in [-0.3, -0.25) is 0 Å². The van der Waals surface area contributed by atoms with Gasteiger partial charge in [-0.25, -0.2) is 34.3 Å². The number of aromatic nitrogens is 5. The first-order valence-electron chi connectivity index (χ1n) is 29.0. The molecule has 0 aliphatic rings. The average molecular weight is 1150 g/mol. The highest BCUT2D eigenvalue weighted by atomic mass is 15.0. The summed E-state index contributed by atoms with van der Waals surface area (Å²) in [6.07, 6.45) is 0. The summed E-state index contributed by atoms with van der Waals surface area (Å²) in [6, 6.07) is 90.5. The zero-order valence-electron chi connectivity index (χ0n) is 47.9. The normalized spacial score (nSPS) is 11.1. The molecule has 10 heteroatoms. The molecule has 0 radical (unpaired) electrons. The van der Waals surface area contributed by atoms with Gasteiger partial charge < -0.3 is 9.13 Å². The van der Waals surface area contributed by atoms with Crippen molar-refractivity contribution in [3.8, 4) is 107 Å². The molecule has 0 saturated heterocycles. The third-order valence-electron chi connectivity index (χ3n) is 16.6. The van der Waals surface area contributed by atoms with E-state index in [1.54, 1.807) is 6.07 Å². The van der Waals surface area contributed by atoms with Crippen LogP contribution in [0.3, 0.4) is 0 Å². The Labute approximate surface area is 518 Å². The minimum absolute atomic E-state index is 0.388. The van der Waals surface area contributed by atoms with Crippen LogP contribution in [-0.2, 0) is 0 Å². The van der Waals surface area contributed by atoms with Gasteiger partial charge in [-0.1, -0.05) is 176 Å². The van der Waals surface area contributed by atoms with Gasteiger partial charge in [0.15, 0.2) is 40.2 Å². The molecule has 0 bridgehead atoms. The second-order valence-corrected chi connectivity index (χ2v) is 21.8. The van der Waals surface area contributed by atoms with E-state index in [-0.39, 0.29) is 0 Å². The van der Waals surface area contributed by atoms with E-state index in [9.17, 15) is 11.8 Å². The molecule has 0 aliphatic carbocycles. The lowest BCUT2D eigenvalue weighted by Crippen LogP contribution is -2.06. The maximum Gasteiger partial charge on any atom is 0.197 e. The number of rotatable bonds is 10. The van der Waals surface area contributed by atoms with Crippen molar-refractivity contribution in [1.29, 1.82) is 5.26 Å². The fourth-order valence-electron chi connectivity index (χ4n) is 12.5. The molecule has 0 amide bonds. The van der Waals surface area contributed by atoms with Crippen LogP contribution in [0.1, 0.15) is 5.56 Å². The monoisotopic (exact) mass is 1140 g/mol. The summed E-state index contributed by atoms with van der Waals surface area (Å²) in [5.41, 5.74) is 18.5. The molecular formula is C80H44N10. The first kappa shape index (κ1) is 53.4. The number of fused-ring (bicyclic) bond motifs is 6. The minimum Gasteiger partial charge on any atom is -0.310 e. The van der Waals surface area contributed by atoms with Crippen LogP contribution in [0, 0.1) is 37.6 Å². The smallest absolute Gasteiger partial charge is 0.197 e. The van der Waals surface area contributed by atoms with Crippen molar-refractivity contribution in [3.63, 3.8) is 0 Å². The standard InChI is InChI=1S/C80H44N10/c1-82-61-26-12-23-54(42-61)58-34-38-70-66(46-58)67-47-59(55-24-13-27-62(43-55)83-2)35-39-71(67)89(70)74-31-15-29-64(80-87-78(51-18-7-5-8-19-51)86-79(88-80)52-20-9-6-10-21-52)76(74)77-69(85-4)30-16-32-75(77)90-72-37-33-57(53-22-11-17-50(41-53)49-81)45-65(72)68-48-60(36-40-73(68)90)56-25-14-28-63(44-56)84-3/h5-48H. The molecule has 3 heterocycles. The highest BCUT2D eigenvalue weighted by Crippen LogP contribution is 2.50. The summed E-state index contributed by atoms with van der Waals surface area (Å²) < 4.78 is 4.53. The molecule has 90 heavy (non-hydrogen) atoms. The summed E-state index contributed by atoms with van der Waals surface area (Å²) in [5, 5.41) is 13.8. The fraction of sp³-hybridized carbons (Fsp3) is 0. The number of benzene rings is 12. The van der Waals surface area contributed by atoms with E-state index in [1.807, 2.05) is 176 Å². The van der Waals surface area contributed by atoms with Gasteiger partial charge in [0.05, 0.1) is 65.7 Å². The maximum absolute atomic E-state index is 10.0. The fourth-order valence-corrected chi connectivity index (χ4v) is 12.5. The first-order valence-corrected chi connectivity index (χ1v) is 29.0. The Bertz CT molecular complexity index is 5400. The van der Waals surface area contributed by atoms with Crippen LogP contribution in [-0.4, -0.2) is 24.1 Å². The lowest BCUT2D eigenvalue weighted by molar-refractivity contribution is 1.07. The van der Waals surface area contributed by atoms with Crippen LogP contribution in [0.2, 0.25) is 0 Å². The number of nitrogens with zero attached hydrogens (tertiary/aromatic N) is 10. The molecule has 0 atom stereocenters. The van der Waals surface area contributed by atoms with Crippen LogP contribution in [0.5, 0.6) is 0 Å². The lowest BCUT2D eigenvalue weighted by Gasteiger charge is -2.22. The minimum atomic E-state index is 0.388. The summed E-state index contributed by atoms with van der Waals surface area (Å²) in [7, 11) is 0. The second kappa shape index (κ2) is 22.3. The summed E-state index contributed by atoms with van der Waals surface area (Å²) in [5.74, 6) is 1.35. The van der Waals surface area contributed by atoms with Gasteiger partial charge in [-0.15, -0.1) is 0 Å². The topological polar surface area (TPSA) is 89.8 Å². The van der Waals surface area contributed by atoms with E-state index < -0.39 is 0 Å². The van der Waals surface area contributed by atoms with Crippen LogP contribution >= 0.6 is 0 Å². The lowest BCUT2D eigenvalue weighted by atomic mass is 9.93. The molecule has 0 aliphatic heterocycles. The molecule has 12 aromatic carbocycles. The SMILES string of the molecule is [C-]#[N+]c1cccc(-c2ccc3c(c2)c2cc(-c4cccc(C#N)c4)ccc2n3-c2cccc([N+]#[C-])c2-c2c(-c3nc(-c4ccccc4)nc(-c4ccccc4)n3)cccc2-n2c3ccc(-c4cccc([N+]#[C-])c4)cc3c3cc(-c4cccc([N+]#[C-])c4)ccc32)c1. The molecule has 0 saturated carbocycles. The largest absolute Gasteiger partial charge is 0.310 e. The maximum atomic E-state index is 10.0. The Balaban J connectivity index is 1.07. The van der Waals surface area contributed by atoms with E-state index in [4.69, 9.17) is 34.7 Å². The van der Waals surface area contributed by atoms with E-state index in [2.05, 4.69) is 120 Å². The molecule has 0 N–H and O–H groups in total. The molecule has 10 nitrogen and oxygen atoms in total. The van der Waals surface area contributed by atoms with Crippen molar-refractivity contribution < 1.29 is 0 Å². The van der Waals surface area contributed by atoms with Gasteiger partial charge >= 0.3 is 0 Å². The van der Waals surface area contributed by atoms with Gasteiger partial charge in [0.2, 0.25) is 0 Å². The highest BCUT2D eigenvalue weighted by Gasteiger charge is 2.28. The van der Waals surface area contributed by atoms with E-state index in [0.717, 1.165) is 111 Å². The van der Waals surface area contributed by atoms with Gasteiger partial charge in [0.25, 0.3) is 0 Å². The first-order chi connectivity index (χ1) is 44.4. The molecule has 0 fully saturated rings. The third-order valence-corrected chi connectivity index (χ3v) is 16.6. The molecule has 0 unspecified atom stereocenters. The summed E-state index contributed by atoms with van der Waals surface area (Å²) in [4.78, 5) is 31.7. The van der Waals surface area contributed by atoms with Crippen LogP contribution in [0.25, 0.3) is 164 Å². The molecule has 15 aromatic rings. The van der Waals surface area contributed by atoms with Gasteiger partial charge in [0, 0.05) is 55.0 Å². The number of hydrogen-bond donors (Lipinski definition) is 0. The van der Waals surface area contributed by atoms with E-state index in [1.165, 1.54) is 0 Å². The van der Waals surface area contributed by atoms with Crippen LogP contribution in [0.15, 0.2) is 267 Å². The quantitative estimate of drug-likeness (QED) is 0.128. The third kappa shape index (κ3) is 9.32. The van der Waals surface area contributed by atoms with Crippen molar-refractivity contribution in [2.24, 2.45) is 0 Å². The molecule has 414 valence electrons. The zero-order chi connectivity index (χ0) is 60.8. The van der Waals surface area contributed by atoms with Crippen molar-refractivity contribution in [2.75, 3.05) is 0 Å². The molecule has 0 spiro atoms. The Morgan fingerprint density at radius 1 is 0.300 bits per heavy atom. The van der Waals surface area contributed by atoms with Crippen molar-refractivity contribution in [3.05, 3.63) is 318 Å². The van der Waals surface area contributed by atoms with Crippen molar-refractivity contribution in [2.45, 2.75) is 0 Å². The van der Waals surface area contributed by atoms with E-state index >= 15 is 0 Å². The predicted molar refractivity (Wildman–Crippen MR) is 362 cm³/mol. The Morgan fingerprint density at radius 2 is 0.656 bits per heavy atom. The number of nitriles is 1. The zero-order valence-corrected chi connectivity index (χ0v) is 47.9. The number of hydrogen-bond acceptors (Lipinski definition) is 4. The highest BCUT2D eigenvalue weighted by molar-refractivity contribution is 6.15. The van der Waals surface area contributed by atoms with Gasteiger partial charge in [-0.2, -0.15) is 5.26 Å². The van der Waals surface area contributed by atoms with E-state index in [0.29, 0.717) is 62.5 Å². The van der Waals surface area contributed by atoms with Crippen molar-refractivity contribution in [1.82, 2.24) is 24.1 Å².